The summed E-state index contributed by atoms with van der Waals surface area (Å²) < 4.78 is 27.6. The van der Waals surface area contributed by atoms with Gasteiger partial charge in [-0.1, -0.05) is 43.0 Å². The Kier molecular flexibility index (Phi) is 5.57. The van der Waals surface area contributed by atoms with Gasteiger partial charge in [-0.25, -0.2) is 8.42 Å². The standard InChI is InChI=1S/C19H21N3O4S/c1-2-18(23)20-14-19(24)21-10-12-22(13-11-21)27(25,26)17-9-5-7-15-6-3-4-8-16(15)17/h2-9H,1,10-14H2,(H,20,23). The van der Waals surface area contributed by atoms with E-state index in [9.17, 15) is 18.0 Å². The van der Waals surface area contributed by atoms with Crippen LogP contribution in [0.1, 0.15) is 0 Å². The SMILES string of the molecule is C=CC(=O)NCC(=O)N1CCN(S(=O)(=O)c2cccc3ccccc23)CC1. The first-order valence-corrected chi connectivity index (χ1v) is 10.0. The van der Waals surface area contributed by atoms with Crippen LogP contribution in [-0.2, 0) is 19.6 Å². The zero-order valence-corrected chi connectivity index (χ0v) is 15.6. The van der Waals surface area contributed by atoms with Gasteiger partial charge in [0.05, 0.1) is 11.4 Å². The highest BCUT2D eigenvalue weighted by molar-refractivity contribution is 7.89. The maximum absolute atomic E-state index is 13.1. The van der Waals surface area contributed by atoms with Crippen LogP contribution >= 0.6 is 0 Å². The molecule has 1 N–H and O–H groups in total. The minimum Gasteiger partial charge on any atom is -0.343 e. The fourth-order valence-corrected chi connectivity index (χ4v) is 4.72. The van der Waals surface area contributed by atoms with Crippen LogP contribution in [0.3, 0.4) is 0 Å². The lowest BCUT2D eigenvalue weighted by atomic mass is 10.1. The molecule has 142 valence electrons. The molecule has 27 heavy (non-hydrogen) atoms. The van der Waals surface area contributed by atoms with Gasteiger partial charge < -0.3 is 10.2 Å². The van der Waals surface area contributed by atoms with Gasteiger partial charge in [0.25, 0.3) is 0 Å². The van der Waals surface area contributed by atoms with Gasteiger partial charge in [0.1, 0.15) is 0 Å². The Labute approximate surface area is 158 Å². The van der Waals surface area contributed by atoms with Crippen molar-refractivity contribution in [1.29, 1.82) is 0 Å². The Balaban J connectivity index is 1.70. The summed E-state index contributed by atoms with van der Waals surface area (Å²) in [5.74, 6) is -0.659. The van der Waals surface area contributed by atoms with E-state index in [1.54, 1.807) is 23.1 Å². The largest absolute Gasteiger partial charge is 0.343 e. The van der Waals surface area contributed by atoms with E-state index in [4.69, 9.17) is 0 Å². The third kappa shape index (κ3) is 4.01. The van der Waals surface area contributed by atoms with E-state index in [1.807, 2.05) is 24.3 Å². The van der Waals surface area contributed by atoms with Crippen LogP contribution in [0.5, 0.6) is 0 Å². The topological polar surface area (TPSA) is 86.8 Å². The summed E-state index contributed by atoms with van der Waals surface area (Å²) in [7, 11) is -3.66. The van der Waals surface area contributed by atoms with Gasteiger partial charge in [-0.3, -0.25) is 9.59 Å². The third-order valence-electron chi connectivity index (χ3n) is 4.56. The molecule has 1 saturated heterocycles. The van der Waals surface area contributed by atoms with Gasteiger partial charge in [0, 0.05) is 31.6 Å². The summed E-state index contributed by atoms with van der Waals surface area (Å²) in [4.78, 5) is 25.1. The molecule has 0 aliphatic carbocycles. The molecule has 0 radical (unpaired) electrons. The van der Waals surface area contributed by atoms with E-state index in [0.717, 1.165) is 11.5 Å². The lowest BCUT2D eigenvalue weighted by Crippen LogP contribution is -2.52. The Hall–Kier alpha value is -2.71. The molecule has 2 amide bonds. The zero-order valence-electron chi connectivity index (χ0n) is 14.8. The van der Waals surface area contributed by atoms with E-state index < -0.39 is 15.9 Å². The Morgan fingerprint density at radius 1 is 1.04 bits per heavy atom. The molecular formula is C19H21N3O4S. The molecule has 1 heterocycles. The minimum absolute atomic E-state index is 0.124. The summed E-state index contributed by atoms with van der Waals surface area (Å²) in [5.41, 5.74) is 0. The van der Waals surface area contributed by atoms with Crippen LogP contribution in [0.2, 0.25) is 0 Å². The van der Waals surface area contributed by atoms with Crippen LogP contribution in [-0.4, -0.2) is 62.2 Å². The quantitative estimate of drug-likeness (QED) is 0.775. The maximum Gasteiger partial charge on any atom is 0.243 e. The molecule has 1 aliphatic heterocycles. The van der Waals surface area contributed by atoms with Crippen molar-refractivity contribution < 1.29 is 18.0 Å². The number of nitrogens with one attached hydrogen (secondary N) is 1. The summed E-state index contributed by atoms with van der Waals surface area (Å²) in [6.45, 7) is 4.20. The van der Waals surface area contributed by atoms with Crippen molar-refractivity contribution >= 4 is 32.6 Å². The van der Waals surface area contributed by atoms with Crippen LogP contribution in [0.25, 0.3) is 10.8 Å². The molecule has 0 spiro atoms. The third-order valence-corrected chi connectivity index (χ3v) is 6.51. The Morgan fingerprint density at radius 3 is 2.41 bits per heavy atom. The highest BCUT2D eigenvalue weighted by Gasteiger charge is 2.31. The number of fused-ring (bicyclic) bond motifs is 1. The van der Waals surface area contributed by atoms with Crippen molar-refractivity contribution in [3.8, 4) is 0 Å². The van der Waals surface area contributed by atoms with Crippen LogP contribution in [0.15, 0.2) is 60.0 Å². The smallest absolute Gasteiger partial charge is 0.243 e. The number of hydrogen-bond donors (Lipinski definition) is 1. The van der Waals surface area contributed by atoms with Crippen molar-refractivity contribution in [2.75, 3.05) is 32.7 Å². The van der Waals surface area contributed by atoms with Crippen LogP contribution in [0.4, 0.5) is 0 Å². The van der Waals surface area contributed by atoms with Gasteiger partial charge in [0.2, 0.25) is 21.8 Å². The molecule has 0 saturated carbocycles. The summed E-state index contributed by atoms with van der Waals surface area (Å²) >= 11 is 0. The number of benzene rings is 2. The Morgan fingerprint density at radius 2 is 1.70 bits per heavy atom. The second-order valence-corrected chi connectivity index (χ2v) is 8.09. The lowest BCUT2D eigenvalue weighted by molar-refractivity contribution is -0.133. The second kappa shape index (κ2) is 7.89. The van der Waals surface area contributed by atoms with E-state index in [2.05, 4.69) is 11.9 Å². The number of nitrogens with zero attached hydrogens (tertiary/aromatic N) is 2. The Bertz CT molecular complexity index is 974. The van der Waals surface area contributed by atoms with Gasteiger partial charge in [0.15, 0.2) is 0 Å². The normalized spacial score (nSPS) is 15.5. The lowest BCUT2D eigenvalue weighted by Gasteiger charge is -2.34. The molecule has 3 rings (SSSR count). The molecule has 0 aromatic heterocycles. The minimum atomic E-state index is -3.66. The fraction of sp³-hybridized carbons (Fsp3) is 0.263. The molecule has 2 aromatic rings. The average Bonchev–Trinajstić information content (AvgIpc) is 2.71. The first kappa shape index (κ1) is 19.1. The number of sulfonamides is 1. The van der Waals surface area contributed by atoms with Gasteiger partial charge in [-0.15, -0.1) is 0 Å². The molecule has 7 nitrogen and oxygen atoms in total. The summed E-state index contributed by atoms with van der Waals surface area (Å²) in [6.07, 6.45) is 1.10. The first-order valence-electron chi connectivity index (χ1n) is 8.59. The summed E-state index contributed by atoms with van der Waals surface area (Å²) in [5, 5.41) is 3.99. The van der Waals surface area contributed by atoms with E-state index >= 15 is 0 Å². The molecular weight excluding hydrogens is 366 g/mol. The van der Waals surface area contributed by atoms with Crippen molar-refractivity contribution in [2.45, 2.75) is 4.90 Å². The molecule has 0 bridgehead atoms. The number of hydrogen-bond acceptors (Lipinski definition) is 4. The first-order chi connectivity index (χ1) is 12.9. The zero-order chi connectivity index (χ0) is 19.4. The number of piperazine rings is 1. The molecule has 0 unspecified atom stereocenters. The van der Waals surface area contributed by atoms with Crippen molar-refractivity contribution in [2.24, 2.45) is 0 Å². The molecule has 0 atom stereocenters. The van der Waals surface area contributed by atoms with Crippen molar-refractivity contribution in [3.05, 3.63) is 55.1 Å². The second-order valence-electron chi connectivity index (χ2n) is 6.18. The van der Waals surface area contributed by atoms with Gasteiger partial charge >= 0.3 is 0 Å². The molecule has 1 fully saturated rings. The highest BCUT2D eigenvalue weighted by Crippen LogP contribution is 2.26. The molecule has 8 heteroatoms. The molecule has 2 aromatic carbocycles. The molecule has 1 aliphatic rings. The van der Waals surface area contributed by atoms with Crippen molar-refractivity contribution in [3.63, 3.8) is 0 Å². The van der Waals surface area contributed by atoms with Crippen LogP contribution in [0, 0.1) is 0 Å². The van der Waals surface area contributed by atoms with Gasteiger partial charge in [-0.05, 0) is 17.5 Å². The highest BCUT2D eigenvalue weighted by atomic mass is 32.2. The van der Waals surface area contributed by atoms with E-state index in [-0.39, 0.29) is 43.5 Å². The number of carbonyl (C=O) groups excluding carboxylic acids is 2. The number of amides is 2. The van der Waals surface area contributed by atoms with E-state index in [0.29, 0.717) is 5.39 Å². The average molecular weight is 387 g/mol. The number of carbonyl (C=O) groups is 2. The summed E-state index contributed by atoms with van der Waals surface area (Å²) in [6, 6.07) is 12.6. The predicted octanol–water partition coefficient (Wildman–Crippen LogP) is 0.975. The fourth-order valence-electron chi connectivity index (χ4n) is 3.08. The van der Waals surface area contributed by atoms with Gasteiger partial charge in [-0.2, -0.15) is 4.31 Å². The monoisotopic (exact) mass is 387 g/mol. The predicted molar refractivity (Wildman–Crippen MR) is 102 cm³/mol. The van der Waals surface area contributed by atoms with Crippen molar-refractivity contribution in [1.82, 2.24) is 14.5 Å². The van der Waals surface area contributed by atoms with E-state index in [1.165, 1.54) is 4.31 Å². The van der Waals surface area contributed by atoms with Crippen LogP contribution < -0.4 is 5.32 Å². The number of rotatable bonds is 5. The maximum atomic E-state index is 13.1.